The van der Waals surface area contributed by atoms with Crippen LogP contribution in [-0.2, 0) is 14.3 Å². The molecule has 42 heavy (non-hydrogen) atoms. The van der Waals surface area contributed by atoms with Crippen molar-refractivity contribution in [2.75, 3.05) is 37.9 Å². The van der Waals surface area contributed by atoms with Crippen LogP contribution in [0.15, 0.2) is 82.6 Å². The molecule has 0 saturated carbocycles. The molecule has 2 radical (unpaired) electrons. The van der Waals surface area contributed by atoms with Gasteiger partial charge in [0.15, 0.2) is 5.78 Å². The first-order valence-electron chi connectivity index (χ1n) is 13.9. The van der Waals surface area contributed by atoms with Gasteiger partial charge in [-0.15, -0.1) is 23.5 Å². The third-order valence-corrected chi connectivity index (χ3v) is 8.61. The van der Waals surface area contributed by atoms with Gasteiger partial charge in [0.05, 0.1) is 21.1 Å². The number of rotatable bonds is 16. The standard InChI is InChI=1S/C33H38BNO5S2/c1-23-5-13-28(14-6-23)41-21-27(22-42-29-15-7-24(2)8-16-29)30(36)25-9-11-26(12-10-25)31(37)35-17-18-39-19-20-40-32(38)33(3,4)34/h5-16,27H,17-22H2,1-4H3,(H,35,37). The number of hydrogen-bond acceptors (Lipinski definition) is 7. The number of esters is 1. The Hall–Kier alpha value is -3.01. The molecule has 0 aliphatic rings. The lowest BCUT2D eigenvalue weighted by Crippen LogP contribution is -2.28. The lowest BCUT2D eigenvalue weighted by atomic mass is 9.73. The Bertz CT molecular complexity index is 1260. The Morgan fingerprint density at radius 2 is 1.26 bits per heavy atom. The maximum absolute atomic E-state index is 13.6. The number of carbonyl (C=O) groups excluding carboxylic acids is 3. The van der Waals surface area contributed by atoms with Crippen LogP contribution in [-0.4, -0.2) is 63.4 Å². The molecule has 0 bridgehead atoms. The molecule has 1 N–H and O–H groups in total. The summed E-state index contributed by atoms with van der Waals surface area (Å²) in [5.74, 6) is 0.430. The zero-order chi connectivity index (χ0) is 30.5. The molecule has 0 unspecified atom stereocenters. The van der Waals surface area contributed by atoms with Crippen molar-refractivity contribution in [2.24, 2.45) is 5.92 Å². The van der Waals surface area contributed by atoms with Crippen molar-refractivity contribution >= 4 is 49.0 Å². The zero-order valence-electron chi connectivity index (χ0n) is 24.7. The lowest BCUT2D eigenvalue weighted by molar-refractivity contribution is -0.147. The SMILES string of the molecule is [B]C(C)(C)C(=O)OCCOCCNC(=O)c1ccc(C(=O)C(CSc2ccc(C)cc2)CSc2ccc(C)cc2)cc1. The molecular weight excluding hydrogens is 565 g/mol. The normalized spacial score (nSPS) is 11.4. The third-order valence-electron chi connectivity index (χ3n) is 6.27. The van der Waals surface area contributed by atoms with E-state index in [4.69, 9.17) is 17.3 Å². The fourth-order valence-electron chi connectivity index (χ4n) is 3.70. The van der Waals surface area contributed by atoms with Gasteiger partial charge >= 0.3 is 5.97 Å². The van der Waals surface area contributed by atoms with E-state index in [0.29, 0.717) is 29.2 Å². The van der Waals surface area contributed by atoms with Crippen molar-refractivity contribution in [3.8, 4) is 0 Å². The minimum absolute atomic E-state index is 0.0632. The van der Waals surface area contributed by atoms with E-state index in [1.165, 1.54) is 11.1 Å². The summed E-state index contributed by atoms with van der Waals surface area (Å²) in [6.45, 7) is 8.13. The lowest BCUT2D eigenvalue weighted by Gasteiger charge is -2.17. The summed E-state index contributed by atoms with van der Waals surface area (Å²) >= 11 is 3.37. The predicted molar refractivity (Wildman–Crippen MR) is 172 cm³/mol. The molecule has 0 saturated heterocycles. The second kappa shape index (κ2) is 16.6. The Morgan fingerprint density at radius 1 is 0.762 bits per heavy atom. The predicted octanol–water partition coefficient (Wildman–Crippen LogP) is 6.34. The molecule has 0 aromatic heterocycles. The quantitative estimate of drug-likeness (QED) is 0.0673. The summed E-state index contributed by atoms with van der Waals surface area (Å²) in [7, 11) is 5.67. The number of ketones is 1. The van der Waals surface area contributed by atoms with Gasteiger partial charge in [-0.05, 0) is 50.2 Å². The van der Waals surface area contributed by atoms with E-state index < -0.39 is 11.3 Å². The summed E-state index contributed by atoms with van der Waals surface area (Å²) in [5, 5.41) is 1.75. The Kier molecular flexibility index (Phi) is 13.2. The maximum atomic E-state index is 13.6. The van der Waals surface area contributed by atoms with Crippen LogP contribution in [0, 0.1) is 19.8 Å². The number of benzene rings is 3. The summed E-state index contributed by atoms with van der Waals surface area (Å²) in [6.07, 6.45) is 0. The molecule has 6 nitrogen and oxygen atoms in total. The monoisotopic (exact) mass is 603 g/mol. The fourth-order valence-corrected chi connectivity index (χ4v) is 5.84. The van der Waals surface area contributed by atoms with Gasteiger partial charge in [0.25, 0.3) is 5.91 Å². The first-order chi connectivity index (χ1) is 20.0. The number of aryl methyl sites for hydroxylation is 2. The van der Waals surface area contributed by atoms with Gasteiger partial charge in [-0.25, -0.2) is 0 Å². The van der Waals surface area contributed by atoms with Crippen LogP contribution in [0.3, 0.4) is 0 Å². The van der Waals surface area contributed by atoms with Crippen LogP contribution in [0.25, 0.3) is 0 Å². The number of amides is 1. The van der Waals surface area contributed by atoms with Gasteiger partial charge in [-0.3, -0.25) is 14.4 Å². The van der Waals surface area contributed by atoms with E-state index in [9.17, 15) is 14.4 Å². The second-order valence-corrected chi connectivity index (χ2v) is 12.8. The molecular formula is C33H38BNO5S2. The average molecular weight is 604 g/mol. The molecule has 220 valence electrons. The van der Waals surface area contributed by atoms with Crippen molar-refractivity contribution in [3.05, 3.63) is 95.1 Å². The number of ether oxygens (including phenoxy) is 2. The molecule has 0 heterocycles. The molecule has 0 aliphatic heterocycles. The van der Waals surface area contributed by atoms with Crippen LogP contribution in [0.5, 0.6) is 0 Å². The highest BCUT2D eigenvalue weighted by molar-refractivity contribution is 8.00. The van der Waals surface area contributed by atoms with Crippen LogP contribution in [0.2, 0.25) is 5.31 Å². The summed E-state index contributed by atoms with van der Waals surface area (Å²) < 4.78 is 10.4. The Balaban J connectivity index is 1.51. The van der Waals surface area contributed by atoms with Crippen molar-refractivity contribution in [2.45, 2.75) is 42.8 Å². The number of Topliss-reactive ketones (excluding diaryl/α,β-unsaturated/α-hetero) is 1. The average Bonchev–Trinajstić information content (AvgIpc) is 2.97. The van der Waals surface area contributed by atoms with Gasteiger partial charge in [-0.2, -0.15) is 0 Å². The second-order valence-electron chi connectivity index (χ2n) is 10.6. The zero-order valence-corrected chi connectivity index (χ0v) is 26.3. The van der Waals surface area contributed by atoms with Gasteiger partial charge in [0, 0.05) is 50.2 Å². The van der Waals surface area contributed by atoms with E-state index in [-0.39, 0.29) is 37.4 Å². The molecule has 0 spiro atoms. The van der Waals surface area contributed by atoms with Crippen molar-refractivity contribution in [1.82, 2.24) is 5.32 Å². The van der Waals surface area contributed by atoms with Crippen LogP contribution in [0.1, 0.15) is 45.7 Å². The van der Waals surface area contributed by atoms with E-state index >= 15 is 0 Å². The smallest absolute Gasteiger partial charge is 0.302 e. The molecule has 0 aliphatic carbocycles. The third kappa shape index (κ3) is 11.3. The van der Waals surface area contributed by atoms with E-state index in [0.717, 1.165) is 9.79 Å². The first kappa shape index (κ1) is 33.5. The van der Waals surface area contributed by atoms with Gasteiger partial charge in [-0.1, -0.05) is 61.4 Å². The van der Waals surface area contributed by atoms with Crippen molar-refractivity contribution < 1.29 is 23.9 Å². The number of thioether (sulfide) groups is 2. The Labute approximate surface area is 259 Å². The van der Waals surface area contributed by atoms with Crippen LogP contribution < -0.4 is 5.32 Å². The minimum Gasteiger partial charge on any atom is -0.463 e. The highest BCUT2D eigenvalue weighted by Crippen LogP contribution is 2.28. The summed E-state index contributed by atoms with van der Waals surface area (Å²) in [6, 6.07) is 23.5. The summed E-state index contributed by atoms with van der Waals surface area (Å²) in [5.41, 5.74) is 3.45. The number of nitrogens with one attached hydrogen (secondary N) is 1. The van der Waals surface area contributed by atoms with Gasteiger partial charge < -0.3 is 14.8 Å². The van der Waals surface area contributed by atoms with E-state index in [1.54, 1.807) is 61.6 Å². The van der Waals surface area contributed by atoms with Crippen LogP contribution in [0.4, 0.5) is 0 Å². The highest BCUT2D eigenvalue weighted by atomic mass is 32.2. The van der Waals surface area contributed by atoms with Crippen LogP contribution >= 0.6 is 23.5 Å². The molecule has 3 rings (SSSR count). The van der Waals surface area contributed by atoms with Crippen molar-refractivity contribution in [1.29, 1.82) is 0 Å². The molecule has 1 amide bonds. The van der Waals surface area contributed by atoms with Gasteiger partial charge in [0.2, 0.25) is 0 Å². The minimum atomic E-state index is -1.05. The van der Waals surface area contributed by atoms with E-state index in [2.05, 4.69) is 67.7 Å². The number of hydrogen-bond donors (Lipinski definition) is 1. The molecule has 9 heteroatoms. The maximum Gasteiger partial charge on any atom is 0.302 e. The highest BCUT2D eigenvalue weighted by Gasteiger charge is 2.23. The molecule has 0 atom stereocenters. The molecule has 3 aromatic rings. The van der Waals surface area contributed by atoms with Crippen molar-refractivity contribution in [3.63, 3.8) is 0 Å². The largest absolute Gasteiger partial charge is 0.463 e. The first-order valence-corrected chi connectivity index (χ1v) is 15.9. The van der Waals surface area contributed by atoms with Gasteiger partial charge in [0.1, 0.15) is 6.61 Å². The Morgan fingerprint density at radius 3 is 1.76 bits per heavy atom. The summed E-state index contributed by atoms with van der Waals surface area (Å²) in [4.78, 5) is 40.1. The topological polar surface area (TPSA) is 81.7 Å². The fraction of sp³-hybridized carbons (Fsp3) is 0.364. The molecule has 3 aromatic carbocycles. The molecule has 0 fully saturated rings. The number of carbonyl (C=O) groups is 3. The van der Waals surface area contributed by atoms with E-state index in [1.807, 2.05) is 0 Å².